The van der Waals surface area contributed by atoms with Crippen LogP contribution in [-0.2, 0) is 9.53 Å². The summed E-state index contributed by atoms with van der Waals surface area (Å²) in [5, 5.41) is 0. The number of piperazine rings is 1. The molecule has 1 saturated carbocycles. The molecule has 2 aromatic rings. The van der Waals surface area contributed by atoms with Crippen molar-refractivity contribution in [2.75, 3.05) is 39.3 Å². The number of carbonyl (C=O) groups excluding carboxylic acids is 2. The van der Waals surface area contributed by atoms with E-state index in [1.165, 1.54) is 24.0 Å². The van der Waals surface area contributed by atoms with E-state index in [0.29, 0.717) is 26.1 Å². The molecule has 2 saturated heterocycles. The summed E-state index contributed by atoms with van der Waals surface area (Å²) >= 11 is 0. The predicted molar refractivity (Wildman–Crippen MR) is 175 cm³/mol. The Morgan fingerprint density at radius 1 is 0.795 bits per heavy atom. The number of benzene rings is 2. The molecule has 2 amide bonds. The van der Waals surface area contributed by atoms with Crippen molar-refractivity contribution in [3.8, 4) is 5.75 Å². The van der Waals surface area contributed by atoms with Crippen LogP contribution in [0, 0.1) is 17.3 Å². The average Bonchev–Trinajstić information content (AvgIpc) is 3.81. The molecule has 44 heavy (non-hydrogen) atoms. The number of hydrogen-bond acceptors (Lipinski definition) is 5. The number of likely N-dealkylation sites (tertiary alicyclic amines) is 1. The number of nitrogens with zero attached hydrogens (tertiary/aromatic N) is 3. The van der Waals surface area contributed by atoms with Crippen LogP contribution in [-0.4, -0.2) is 77.7 Å². The molecule has 0 spiro atoms. The SMILES string of the molecule is CC(C)(C)OC(=O)N1CCC(CC(=O)N2CCN(C(c3ccccc3)c3ccc(OCC4CC4)cc3)CC2C(C)(C)C)CC1. The lowest BCUT2D eigenvalue weighted by atomic mass is 9.82. The molecule has 5 rings (SSSR count). The fraction of sp³-hybridized carbons (Fsp3) is 0.622. The Labute approximate surface area is 264 Å². The van der Waals surface area contributed by atoms with Gasteiger partial charge < -0.3 is 19.3 Å². The second-order valence-electron chi connectivity index (χ2n) is 15.2. The van der Waals surface area contributed by atoms with E-state index in [0.717, 1.165) is 44.2 Å². The van der Waals surface area contributed by atoms with Gasteiger partial charge in [-0.2, -0.15) is 0 Å². The lowest BCUT2D eigenvalue weighted by Gasteiger charge is -2.50. The van der Waals surface area contributed by atoms with Crippen LogP contribution in [0.3, 0.4) is 0 Å². The van der Waals surface area contributed by atoms with E-state index in [9.17, 15) is 9.59 Å². The van der Waals surface area contributed by atoms with Gasteiger partial charge in [-0.1, -0.05) is 63.2 Å². The zero-order valence-corrected chi connectivity index (χ0v) is 27.8. The first-order chi connectivity index (χ1) is 20.9. The molecule has 3 aliphatic rings. The highest BCUT2D eigenvalue weighted by Crippen LogP contribution is 2.37. The van der Waals surface area contributed by atoms with Gasteiger partial charge in [-0.25, -0.2) is 4.79 Å². The second-order valence-corrected chi connectivity index (χ2v) is 15.2. The van der Waals surface area contributed by atoms with E-state index in [-0.39, 0.29) is 35.4 Å². The molecule has 240 valence electrons. The molecule has 1 aliphatic carbocycles. The van der Waals surface area contributed by atoms with Crippen LogP contribution in [0.2, 0.25) is 0 Å². The van der Waals surface area contributed by atoms with E-state index in [1.807, 2.05) is 20.8 Å². The fourth-order valence-electron chi connectivity index (χ4n) is 6.58. The van der Waals surface area contributed by atoms with Gasteiger partial charge in [0.25, 0.3) is 0 Å². The molecule has 2 heterocycles. The maximum absolute atomic E-state index is 13.9. The van der Waals surface area contributed by atoms with Gasteiger partial charge in [0, 0.05) is 45.2 Å². The number of carbonyl (C=O) groups is 2. The minimum absolute atomic E-state index is 0.0733. The van der Waals surface area contributed by atoms with Gasteiger partial charge in [0.15, 0.2) is 0 Å². The van der Waals surface area contributed by atoms with Crippen LogP contribution >= 0.6 is 0 Å². The lowest BCUT2D eigenvalue weighted by molar-refractivity contribution is -0.141. The molecule has 7 heteroatoms. The smallest absolute Gasteiger partial charge is 0.410 e. The first-order valence-corrected chi connectivity index (χ1v) is 16.7. The monoisotopic (exact) mass is 603 g/mol. The predicted octanol–water partition coefficient (Wildman–Crippen LogP) is 7.16. The number of rotatable bonds is 8. The summed E-state index contributed by atoms with van der Waals surface area (Å²) in [6, 6.07) is 19.6. The van der Waals surface area contributed by atoms with Gasteiger partial charge in [-0.05, 0) is 87.0 Å². The molecular weight excluding hydrogens is 550 g/mol. The first kappa shape index (κ1) is 32.3. The van der Waals surface area contributed by atoms with Crippen molar-refractivity contribution in [1.29, 1.82) is 0 Å². The Kier molecular flexibility index (Phi) is 9.93. The molecule has 0 radical (unpaired) electrons. The lowest BCUT2D eigenvalue weighted by Crippen LogP contribution is -2.60. The molecular formula is C37H53N3O4. The average molecular weight is 604 g/mol. The molecule has 2 aliphatic heterocycles. The van der Waals surface area contributed by atoms with E-state index < -0.39 is 5.60 Å². The Hall–Kier alpha value is -3.06. The van der Waals surface area contributed by atoms with Gasteiger partial charge in [-0.15, -0.1) is 0 Å². The van der Waals surface area contributed by atoms with E-state index in [4.69, 9.17) is 9.47 Å². The molecule has 2 atom stereocenters. The third-order valence-corrected chi connectivity index (χ3v) is 9.32. The standard InChI is InChI=1S/C37H53N3O4/c1-36(2,3)32-25-39(22-23-40(32)33(41)24-27-18-20-38(21-19-27)35(42)44-37(4,5)6)34(29-10-8-7-9-11-29)30-14-16-31(17-15-30)43-26-28-12-13-28/h7-11,14-17,27-28,32,34H,12-13,18-26H2,1-6H3. The third-order valence-electron chi connectivity index (χ3n) is 9.32. The van der Waals surface area contributed by atoms with Crippen molar-refractivity contribution in [1.82, 2.24) is 14.7 Å². The Bertz CT molecular complexity index is 1240. The summed E-state index contributed by atoms with van der Waals surface area (Å²) < 4.78 is 11.6. The number of piperidine rings is 1. The summed E-state index contributed by atoms with van der Waals surface area (Å²) in [6.07, 6.45) is 4.53. The molecule has 2 aromatic carbocycles. The Morgan fingerprint density at radius 3 is 2.02 bits per heavy atom. The van der Waals surface area contributed by atoms with Crippen molar-refractivity contribution >= 4 is 12.0 Å². The van der Waals surface area contributed by atoms with Crippen molar-refractivity contribution < 1.29 is 19.1 Å². The molecule has 0 aromatic heterocycles. The Balaban J connectivity index is 1.25. The van der Waals surface area contributed by atoms with Gasteiger partial charge in [0.2, 0.25) is 5.91 Å². The third kappa shape index (κ3) is 8.56. The van der Waals surface area contributed by atoms with Crippen molar-refractivity contribution in [3.05, 3.63) is 65.7 Å². The van der Waals surface area contributed by atoms with Crippen LogP contribution in [0.4, 0.5) is 4.79 Å². The zero-order valence-electron chi connectivity index (χ0n) is 27.8. The van der Waals surface area contributed by atoms with Crippen LogP contribution in [0.1, 0.15) is 90.8 Å². The van der Waals surface area contributed by atoms with Crippen LogP contribution in [0.5, 0.6) is 5.75 Å². The van der Waals surface area contributed by atoms with E-state index in [1.54, 1.807) is 4.90 Å². The van der Waals surface area contributed by atoms with Gasteiger partial charge in [-0.3, -0.25) is 9.69 Å². The van der Waals surface area contributed by atoms with Crippen LogP contribution < -0.4 is 4.74 Å². The minimum Gasteiger partial charge on any atom is -0.493 e. The van der Waals surface area contributed by atoms with Crippen molar-refractivity contribution in [2.24, 2.45) is 17.3 Å². The quantitative estimate of drug-likeness (QED) is 0.320. The molecule has 3 fully saturated rings. The molecule has 0 bridgehead atoms. The molecule has 2 unspecified atom stereocenters. The van der Waals surface area contributed by atoms with Crippen molar-refractivity contribution in [3.63, 3.8) is 0 Å². The van der Waals surface area contributed by atoms with Crippen LogP contribution in [0.25, 0.3) is 0 Å². The zero-order chi connectivity index (χ0) is 31.5. The number of amides is 2. The summed E-state index contributed by atoms with van der Waals surface area (Å²) in [7, 11) is 0. The van der Waals surface area contributed by atoms with Crippen LogP contribution in [0.15, 0.2) is 54.6 Å². The highest BCUT2D eigenvalue weighted by atomic mass is 16.6. The number of ether oxygens (including phenoxy) is 2. The van der Waals surface area contributed by atoms with Gasteiger partial charge in [0.1, 0.15) is 11.4 Å². The van der Waals surface area contributed by atoms with Gasteiger partial charge in [0.05, 0.1) is 12.6 Å². The fourth-order valence-corrected chi connectivity index (χ4v) is 6.58. The van der Waals surface area contributed by atoms with Gasteiger partial charge >= 0.3 is 6.09 Å². The summed E-state index contributed by atoms with van der Waals surface area (Å²) in [4.78, 5) is 32.9. The van der Waals surface area contributed by atoms with E-state index >= 15 is 0 Å². The molecule has 7 nitrogen and oxygen atoms in total. The van der Waals surface area contributed by atoms with Crippen molar-refractivity contribution in [2.45, 2.75) is 91.3 Å². The van der Waals surface area contributed by atoms with E-state index in [2.05, 4.69) is 85.2 Å². The topological polar surface area (TPSA) is 62.3 Å². The highest BCUT2D eigenvalue weighted by molar-refractivity contribution is 5.77. The Morgan fingerprint density at radius 2 is 1.43 bits per heavy atom. The first-order valence-electron chi connectivity index (χ1n) is 16.7. The summed E-state index contributed by atoms with van der Waals surface area (Å²) in [5.41, 5.74) is 1.94. The molecule has 0 N–H and O–H groups in total. The second kappa shape index (κ2) is 13.5. The minimum atomic E-state index is -0.499. The number of hydrogen-bond donors (Lipinski definition) is 0. The summed E-state index contributed by atoms with van der Waals surface area (Å²) in [5.74, 6) is 2.20. The summed E-state index contributed by atoms with van der Waals surface area (Å²) in [6.45, 7) is 16.9. The largest absolute Gasteiger partial charge is 0.493 e. The maximum atomic E-state index is 13.9. The highest BCUT2D eigenvalue weighted by Gasteiger charge is 2.41. The normalized spacial score (nSPS) is 21.2. The maximum Gasteiger partial charge on any atom is 0.410 e.